The maximum Gasteiger partial charge on any atom is 0.335 e. The van der Waals surface area contributed by atoms with Crippen molar-refractivity contribution < 1.29 is 19.1 Å². The highest BCUT2D eigenvalue weighted by molar-refractivity contribution is 6.19. The minimum atomic E-state index is -0.567. The molecule has 1 aliphatic heterocycles. The summed E-state index contributed by atoms with van der Waals surface area (Å²) in [5.41, 5.74) is 1.76. The largest absolute Gasteiger partial charge is 0.488 e. The molecule has 0 aromatic heterocycles. The summed E-state index contributed by atoms with van der Waals surface area (Å²) in [6.07, 6.45) is 1.08. The summed E-state index contributed by atoms with van der Waals surface area (Å²) in [6.45, 7) is 3.66. The van der Waals surface area contributed by atoms with Crippen LogP contribution in [0.15, 0.2) is 67.3 Å². The van der Waals surface area contributed by atoms with E-state index in [2.05, 4.69) is 6.58 Å². The monoisotopic (exact) mass is 330 g/mol. The highest BCUT2D eigenvalue weighted by atomic mass is 16.5. The molecule has 0 saturated carbocycles. The van der Waals surface area contributed by atoms with E-state index in [0.717, 1.165) is 22.4 Å². The molecular weight excluding hydrogens is 316 g/mol. The minimum Gasteiger partial charge on any atom is -0.488 e. The van der Waals surface area contributed by atoms with Crippen LogP contribution in [0.3, 0.4) is 0 Å². The van der Waals surface area contributed by atoms with Gasteiger partial charge in [-0.1, -0.05) is 43.0 Å². The zero-order valence-electron chi connectivity index (χ0n) is 13.3. The fourth-order valence-electron chi connectivity index (χ4n) is 3.01. The van der Waals surface area contributed by atoms with Crippen molar-refractivity contribution in [2.45, 2.75) is 6.61 Å². The van der Waals surface area contributed by atoms with Gasteiger partial charge in [0.05, 0.1) is 5.56 Å². The third-order valence-electron chi connectivity index (χ3n) is 4.21. The van der Waals surface area contributed by atoms with Crippen molar-refractivity contribution >= 4 is 22.5 Å². The van der Waals surface area contributed by atoms with E-state index >= 15 is 0 Å². The van der Waals surface area contributed by atoms with Gasteiger partial charge in [-0.05, 0) is 29.0 Å². The highest BCUT2D eigenvalue weighted by Crippen LogP contribution is 2.35. The fourth-order valence-corrected chi connectivity index (χ4v) is 3.01. The standard InChI is InChI=1S/C21H14O4/c1-2-19(22)25-15-9-7-14-12-24-18-10-8-13-5-3-4-6-16(13)20(18)21(23)17(14)11-15/h2-11H,1,12H2. The molecule has 4 heteroatoms. The molecule has 0 fully saturated rings. The van der Waals surface area contributed by atoms with Gasteiger partial charge in [0.15, 0.2) is 5.78 Å². The number of fused-ring (bicyclic) bond motifs is 4. The van der Waals surface area contributed by atoms with E-state index in [1.165, 1.54) is 0 Å². The van der Waals surface area contributed by atoms with E-state index in [4.69, 9.17) is 9.47 Å². The summed E-state index contributed by atoms with van der Waals surface area (Å²) in [6, 6.07) is 16.4. The zero-order chi connectivity index (χ0) is 17.4. The summed E-state index contributed by atoms with van der Waals surface area (Å²) < 4.78 is 11.0. The first-order valence-electron chi connectivity index (χ1n) is 7.84. The Balaban J connectivity index is 1.88. The first-order valence-corrected chi connectivity index (χ1v) is 7.84. The van der Waals surface area contributed by atoms with Crippen molar-refractivity contribution in [3.05, 3.63) is 83.9 Å². The Labute approximate surface area is 144 Å². The van der Waals surface area contributed by atoms with Gasteiger partial charge in [-0.2, -0.15) is 0 Å². The van der Waals surface area contributed by atoms with Gasteiger partial charge in [-0.25, -0.2) is 4.79 Å². The molecular formula is C21H14O4. The fraction of sp³-hybridized carbons (Fsp3) is 0.0476. The summed E-state index contributed by atoms with van der Waals surface area (Å²) in [4.78, 5) is 24.6. The molecule has 0 bridgehead atoms. The second-order valence-corrected chi connectivity index (χ2v) is 5.72. The lowest BCUT2D eigenvalue weighted by molar-refractivity contribution is -0.128. The van der Waals surface area contributed by atoms with Crippen LogP contribution in [0.25, 0.3) is 10.8 Å². The number of esters is 1. The zero-order valence-corrected chi connectivity index (χ0v) is 13.3. The lowest BCUT2D eigenvalue weighted by Crippen LogP contribution is -2.07. The van der Waals surface area contributed by atoms with E-state index in [9.17, 15) is 9.59 Å². The van der Waals surface area contributed by atoms with Crippen LogP contribution >= 0.6 is 0 Å². The van der Waals surface area contributed by atoms with Gasteiger partial charge < -0.3 is 9.47 Å². The van der Waals surface area contributed by atoms with Crippen LogP contribution in [-0.4, -0.2) is 11.8 Å². The topological polar surface area (TPSA) is 52.6 Å². The predicted molar refractivity (Wildman–Crippen MR) is 94.0 cm³/mol. The highest BCUT2D eigenvalue weighted by Gasteiger charge is 2.25. The van der Waals surface area contributed by atoms with Crippen molar-refractivity contribution in [2.75, 3.05) is 0 Å². The first-order chi connectivity index (χ1) is 12.2. The molecule has 0 spiro atoms. The number of carbonyl (C=O) groups is 2. The molecule has 0 amide bonds. The van der Waals surface area contributed by atoms with Crippen molar-refractivity contribution in [1.29, 1.82) is 0 Å². The van der Waals surface area contributed by atoms with Crippen LogP contribution in [0.2, 0.25) is 0 Å². The maximum atomic E-state index is 13.2. The molecule has 3 aromatic carbocycles. The van der Waals surface area contributed by atoms with Crippen LogP contribution in [0.5, 0.6) is 11.5 Å². The maximum absolute atomic E-state index is 13.2. The van der Waals surface area contributed by atoms with Gasteiger partial charge in [-0.3, -0.25) is 4.79 Å². The molecule has 0 atom stereocenters. The molecule has 4 rings (SSSR count). The summed E-state index contributed by atoms with van der Waals surface area (Å²) in [5.74, 6) is 0.157. The molecule has 0 aliphatic carbocycles. The second kappa shape index (κ2) is 5.91. The number of benzene rings is 3. The second-order valence-electron chi connectivity index (χ2n) is 5.72. The van der Waals surface area contributed by atoms with Crippen molar-refractivity contribution in [3.63, 3.8) is 0 Å². The molecule has 1 aliphatic rings. The molecule has 0 unspecified atom stereocenters. The average Bonchev–Trinajstić information content (AvgIpc) is 2.79. The molecule has 1 heterocycles. The molecule has 0 N–H and O–H groups in total. The van der Waals surface area contributed by atoms with Crippen LogP contribution in [0, 0.1) is 0 Å². The predicted octanol–water partition coefficient (Wildman–Crippen LogP) is 4.05. The Hall–Kier alpha value is -3.40. The third-order valence-corrected chi connectivity index (χ3v) is 4.21. The summed E-state index contributed by atoms with van der Waals surface area (Å²) in [7, 11) is 0. The average molecular weight is 330 g/mol. The van der Waals surface area contributed by atoms with Gasteiger partial charge >= 0.3 is 5.97 Å². The van der Waals surface area contributed by atoms with Crippen LogP contribution in [0.4, 0.5) is 0 Å². The molecule has 3 aromatic rings. The van der Waals surface area contributed by atoms with E-state index in [1.807, 2.05) is 36.4 Å². The van der Waals surface area contributed by atoms with Gasteiger partial charge in [-0.15, -0.1) is 0 Å². The molecule has 4 nitrogen and oxygen atoms in total. The van der Waals surface area contributed by atoms with E-state index < -0.39 is 5.97 Å². The number of hydrogen-bond acceptors (Lipinski definition) is 4. The van der Waals surface area contributed by atoms with E-state index in [0.29, 0.717) is 22.6 Å². The van der Waals surface area contributed by atoms with Gasteiger partial charge in [0, 0.05) is 17.2 Å². The Morgan fingerprint density at radius 3 is 2.80 bits per heavy atom. The lowest BCUT2D eigenvalue weighted by Gasteiger charge is -2.09. The normalized spacial score (nSPS) is 12.6. The number of ether oxygens (including phenoxy) is 2. The Kier molecular flexibility index (Phi) is 3.58. The molecule has 0 radical (unpaired) electrons. The molecule has 122 valence electrons. The Morgan fingerprint density at radius 1 is 1.12 bits per heavy atom. The van der Waals surface area contributed by atoms with Crippen LogP contribution in [0.1, 0.15) is 21.5 Å². The summed E-state index contributed by atoms with van der Waals surface area (Å²) in [5, 5.41) is 1.81. The first kappa shape index (κ1) is 15.1. The summed E-state index contributed by atoms with van der Waals surface area (Å²) >= 11 is 0. The molecule has 0 saturated heterocycles. The van der Waals surface area contributed by atoms with Crippen molar-refractivity contribution in [3.8, 4) is 11.5 Å². The van der Waals surface area contributed by atoms with Gasteiger partial charge in [0.25, 0.3) is 0 Å². The number of ketones is 1. The number of rotatable bonds is 2. The smallest absolute Gasteiger partial charge is 0.335 e. The quantitative estimate of drug-likeness (QED) is 0.404. The van der Waals surface area contributed by atoms with Gasteiger partial charge in [0.2, 0.25) is 0 Å². The Morgan fingerprint density at radius 2 is 1.96 bits per heavy atom. The molecule has 25 heavy (non-hydrogen) atoms. The third kappa shape index (κ3) is 2.58. The van der Waals surface area contributed by atoms with Crippen LogP contribution in [-0.2, 0) is 11.4 Å². The lowest BCUT2D eigenvalue weighted by atomic mass is 9.94. The van der Waals surface area contributed by atoms with Crippen molar-refractivity contribution in [1.82, 2.24) is 0 Å². The van der Waals surface area contributed by atoms with Gasteiger partial charge in [0.1, 0.15) is 18.1 Å². The van der Waals surface area contributed by atoms with E-state index in [1.54, 1.807) is 18.2 Å². The number of hydrogen-bond donors (Lipinski definition) is 0. The SMILES string of the molecule is C=CC(=O)Oc1ccc2c(c1)C(=O)c1c(ccc3ccccc13)OC2. The Bertz CT molecular complexity index is 1030. The minimum absolute atomic E-state index is 0.143. The van der Waals surface area contributed by atoms with Crippen molar-refractivity contribution in [2.24, 2.45) is 0 Å². The van der Waals surface area contributed by atoms with E-state index in [-0.39, 0.29) is 12.4 Å². The number of carbonyl (C=O) groups excluding carboxylic acids is 2. The van der Waals surface area contributed by atoms with Crippen LogP contribution < -0.4 is 9.47 Å².